The number of anilines is 1. The molecule has 1 aromatic carbocycles. The minimum atomic E-state index is -0.457. The summed E-state index contributed by atoms with van der Waals surface area (Å²) in [5.74, 6) is 0.353. The van der Waals surface area contributed by atoms with Crippen LogP contribution in [-0.4, -0.2) is 23.0 Å². The molecule has 1 aromatic heterocycles. The summed E-state index contributed by atoms with van der Waals surface area (Å²) in [7, 11) is 1.32. The van der Waals surface area contributed by atoms with Crippen LogP contribution in [0.5, 0.6) is 0 Å². The molecule has 0 bridgehead atoms. The molecule has 5 nitrogen and oxygen atoms in total. The second-order valence-electron chi connectivity index (χ2n) is 3.58. The Morgan fingerprint density at radius 3 is 3.06 bits per heavy atom. The molecule has 0 aliphatic heterocycles. The van der Waals surface area contributed by atoms with Crippen LogP contribution in [0.15, 0.2) is 30.6 Å². The van der Waals surface area contributed by atoms with Gasteiger partial charge >= 0.3 is 5.97 Å². The number of hydrogen-bond donors (Lipinski definition) is 2. The second-order valence-corrected chi connectivity index (χ2v) is 3.98. The van der Waals surface area contributed by atoms with Crippen molar-refractivity contribution in [1.82, 2.24) is 9.97 Å². The number of benzene rings is 1. The average molecular weight is 266 g/mol. The van der Waals surface area contributed by atoms with Gasteiger partial charge in [0.25, 0.3) is 0 Å². The molecule has 18 heavy (non-hydrogen) atoms. The number of rotatable bonds is 4. The lowest BCUT2D eigenvalue weighted by molar-refractivity contribution is 0.0601. The fourth-order valence-electron chi connectivity index (χ4n) is 1.48. The predicted octanol–water partition coefficient (Wildman–Crippen LogP) is 2.46. The smallest absolute Gasteiger partial charge is 0.339 e. The van der Waals surface area contributed by atoms with Gasteiger partial charge in [-0.2, -0.15) is 0 Å². The Labute approximate surface area is 109 Å². The number of aromatic nitrogens is 2. The van der Waals surface area contributed by atoms with Crippen LogP contribution in [0.2, 0.25) is 5.02 Å². The number of hydrogen-bond acceptors (Lipinski definition) is 4. The minimum absolute atomic E-state index is 0.337. The van der Waals surface area contributed by atoms with Gasteiger partial charge in [0.2, 0.25) is 0 Å². The summed E-state index contributed by atoms with van der Waals surface area (Å²) in [6.07, 6.45) is 3.43. The van der Waals surface area contributed by atoms with E-state index in [0.29, 0.717) is 17.1 Å². The molecule has 0 atom stereocenters. The SMILES string of the molecule is COC(=O)c1cc(NCc2ncc[nH]2)ccc1Cl. The molecule has 0 aliphatic rings. The molecule has 0 unspecified atom stereocenters. The van der Waals surface area contributed by atoms with Crippen molar-refractivity contribution >= 4 is 23.3 Å². The lowest BCUT2D eigenvalue weighted by Gasteiger charge is -2.07. The van der Waals surface area contributed by atoms with Gasteiger partial charge in [0.15, 0.2) is 0 Å². The van der Waals surface area contributed by atoms with Crippen LogP contribution < -0.4 is 5.32 Å². The first-order valence-electron chi connectivity index (χ1n) is 5.30. The number of methoxy groups -OCH3 is 1. The van der Waals surface area contributed by atoms with Crippen molar-refractivity contribution in [1.29, 1.82) is 0 Å². The number of halogens is 1. The summed E-state index contributed by atoms with van der Waals surface area (Å²) in [4.78, 5) is 18.5. The number of nitrogens with zero attached hydrogens (tertiary/aromatic N) is 1. The van der Waals surface area contributed by atoms with Crippen LogP contribution in [0.25, 0.3) is 0 Å². The number of carbonyl (C=O) groups is 1. The molecule has 0 fully saturated rings. The van der Waals surface area contributed by atoms with E-state index in [1.165, 1.54) is 7.11 Å². The third-order valence-corrected chi connectivity index (χ3v) is 2.72. The Hall–Kier alpha value is -2.01. The summed E-state index contributed by atoms with van der Waals surface area (Å²) in [6.45, 7) is 0.537. The maximum atomic E-state index is 11.5. The average Bonchev–Trinajstić information content (AvgIpc) is 2.90. The molecule has 1 heterocycles. The van der Waals surface area contributed by atoms with Crippen molar-refractivity contribution in [2.24, 2.45) is 0 Å². The van der Waals surface area contributed by atoms with Gasteiger partial charge in [-0.25, -0.2) is 9.78 Å². The molecule has 6 heteroatoms. The maximum absolute atomic E-state index is 11.5. The standard InChI is InChI=1S/C12H12ClN3O2/c1-18-12(17)9-6-8(2-3-10(9)13)16-7-11-14-4-5-15-11/h2-6,16H,7H2,1H3,(H,14,15). The van der Waals surface area contributed by atoms with E-state index >= 15 is 0 Å². The molecule has 0 aliphatic carbocycles. The highest BCUT2D eigenvalue weighted by Crippen LogP contribution is 2.21. The van der Waals surface area contributed by atoms with Gasteiger partial charge in [0, 0.05) is 18.1 Å². The minimum Gasteiger partial charge on any atom is -0.465 e. The Kier molecular flexibility index (Phi) is 3.84. The van der Waals surface area contributed by atoms with Gasteiger partial charge in [0.1, 0.15) is 5.82 Å². The number of nitrogens with one attached hydrogen (secondary N) is 2. The summed E-state index contributed by atoms with van der Waals surface area (Å²) in [6, 6.07) is 5.09. The van der Waals surface area contributed by atoms with Crippen molar-refractivity contribution in [3.05, 3.63) is 47.0 Å². The summed E-state index contributed by atoms with van der Waals surface area (Å²) >= 11 is 5.92. The van der Waals surface area contributed by atoms with Crippen molar-refractivity contribution in [2.45, 2.75) is 6.54 Å². The van der Waals surface area contributed by atoms with E-state index in [4.69, 9.17) is 11.6 Å². The normalized spacial score (nSPS) is 10.1. The Bertz CT molecular complexity index is 540. The molecule has 0 saturated carbocycles. The number of H-pyrrole nitrogens is 1. The topological polar surface area (TPSA) is 67.0 Å². The quantitative estimate of drug-likeness (QED) is 0.834. The maximum Gasteiger partial charge on any atom is 0.339 e. The summed E-state index contributed by atoms with van der Waals surface area (Å²) in [5, 5.41) is 3.50. The molecular weight excluding hydrogens is 254 g/mol. The van der Waals surface area contributed by atoms with E-state index < -0.39 is 5.97 Å². The van der Waals surface area contributed by atoms with Crippen LogP contribution in [0.3, 0.4) is 0 Å². The van der Waals surface area contributed by atoms with E-state index in [0.717, 1.165) is 11.5 Å². The second kappa shape index (κ2) is 5.55. The van der Waals surface area contributed by atoms with Gasteiger partial charge < -0.3 is 15.0 Å². The Morgan fingerprint density at radius 2 is 2.39 bits per heavy atom. The first-order chi connectivity index (χ1) is 8.70. The zero-order chi connectivity index (χ0) is 13.0. The molecule has 0 radical (unpaired) electrons. The molecular formula is C12H12ClN3O2. The van der Waals surface area contributed by atoms with Crippen molar-refractivity contribution in [2.75, 3.05) is 12.4 Å². The van der Waals surface area contributed by atoms with E-state index in [2.05, 4.69) is 20.0 Å². The van der Waals surface area contributed by atoms with Crippen molar-refractivity contribution in [3.63, 3.8) is 0 Å². The highest BCUT2D eigenvalue weighted by atomic mass is 35.5. The third kappa shape index (κ3) is 2.81. The Morgan fingerprint density at radius 1 is 1.56 bits per heavy atom. The predicted molar refractivity (Wildman–Crippen MR) is 68.7 cm³/mol. The molecule has 2 N–H and O–H groups in total. The number of imidazole rings is 1. The first-order valence-corrected chi connectivity index (χ1v) is 5.68. The molecule has 2 aromatic rings. The summed E-state index contributed by atoms with van der Waals surface area (Å²) in [5.41, 5.74) is 1.11. The van der Waals surface area contributed by atoms with E-state index in [-0.39, 0.29) is 0 Å². The fourth-order valence-corrected chi connectivity index (χ4v) is 1.68. The zero-order valence-corrected chi connectivity index (χ0v) is 10.5. The van der Waals surface area contributed by atoms with Gasteiger partial charge in [-0.3, -0.25) is 0 Å². The molecule has 0 spiro atoms. The van der Waals surface area contributed by atoms with Crippen LogP contribution >= 0.6 is 11.6 Å². The Balaban J connectivity index is 2.12. The number of esters is 1. The van der Waals surface area contributed by atoms with Gasteiger partial charge in [0.05, 0.1) is 24.2 Å². The largest absolute Gasteiger partial charge is 0.465 e. The van der Waals surface area contributed by atoms with Crippen LogP contribution in [0, 0.1) is 0 Å². The van der Waals surface area contributed by atoms with E-state index in [1.807, 2.05) is 0 Å². The molecule has 0 amide bonds. The number of ether oxygens (including phenoxy) is 1. The van der Waals surface area contributed by atoms with Crippen molar-refractivity contribution in [3.8, 4) is 0 Å². The van der Waals surface area contributed by atoms with Gasteiger partial charge in [-0.05, 0) is 18.2 Å². The van der Waals surface area contributed by atoms with Crippen LogP contribution in [0.1, 0.15) is 16.2 Å². The lowest BCUT2D eigenvalue weighted by atomic mass is 10.2. The summed E-state index contributed by atoms with van der Waals surface area (Å²) < 4.78 is 4.65. The van der Waals surface area contributed by atoms with E-state index in [9.17, 15) is 4.79 Å². The molecule has 94 valence electrons. The van der Waals surface area contributed by atoms with Gasteiger partial charge in [-0.1, -0.05) is 11.6 Å². The molecule has 2 rings (SSSR count). The van der Waals surface area contributed by atoms with Gasteiger partial charge in [-0.15, -0.1) is 0 Å². The number of carbonyl (C=O) groups excluding carboxylic acids is 1. The highest BCUT2D eigenvalue weighted by molar-refractivity contribution is 6.33. The highest BCUT2D eigenvalue weighted by Gasteiger charge is 2.11. The van der Waals surface area contributed by atoms with Crippen LogP contribution in [-0.2, 0) is 11.3 Å². The van der Waals surface area contributed by atoms with E-state index in [1.54, 1.807) is 30.6 Å². The monoisotopic (exact) mass is 265 g/mol. The van der Waals surface area contributed by atoms with Crippen LogP contribution in [0.4, 0.5) is 5.69 Å². The third-order valence-electron chi connectivity index (χ3n) is 2.39. The molecule has 0 saturated heterocycles. The fraction of sp³-hybridized carbons (Fsp3) is 0.167. The first kappa shape index (κ1) is 12.4. The number of aromatic amines is 1. The van der Waals surface area contributed by atoms with Crippen molar-refractivity contribution < 1.29 is 9.53 Å². The zero-order valence-electron chi connectivity index (χ0n) is 9.74. The lowest BCUT2D eigenvalue weighted by Crippen LogP contribution is -2.05.